The molecule has 1 aromatic heterocycles. The third-order valence-corrected chi connectivity index (χ3v) is 4.78. The van der Waals surface area contributed by atoms with Crippen molar-refractivity contribution in [1.82, 2.24) is 9.97 Å². The van der Waals surface area contributed by atoms with Crippen LogP contribution in [0, 0.1) is 4.64 Å². The zero-order chi connectivity index (χ0) is 12.4. The zero-order valence-corrected chi connectivity index (χ0v) is 11.8. The molecule has 2 aliphatic rings. The first-order chi connectivity index (χ1) is 8.83. The van der Waals surface area contributed by atoms with Crippen LogP contribution in [0.5, 0.6) is 0 Å². The highest BCUT2D eigenvalue weighted by molar-refractivity contribution is 7.71. The fourth-order valence-corrected chi connectivity index (χ4v) is 3.75. The van der Waals surface area contributed by atoms with Crippen LogP contribution in [0.1, 0.15) is 81.1 Å². The number of nitrogens with one attached hydrogen (secondary N) is 1. The van der Waals surface area contributed by atoms with Crippen LogP contribution < -0.4 is 0 Å². The Morgan fingerprint density at radius 2 is 1.56 bits per heavy atom. The number of rotatable bonds is 2. The molecule has 0 amide bonds. The van der Waals surface area contributed by atoms with Crippen molar-refractivity contribution >= 4 is 12.2 Å². The number of hydrogen-bond donors (Lipinski definition) is 1. The van der Waals surface area contributed by atoms with E-state index in [-0.39, 0.29) is 0 Å². The number of H-pyrrole nitrogens is 1. The van der Waals surface area contributed by atoms with Gasteiger partial charge in [0.1, 0.15) is 10.5 Å². The first-order valence-electron chi connectivity index (χ1n) is 7.44. The molecule has 2 saturated carbocycles. The number of nitrogens with zero attached hydrogens (tertiary/aromatic N) is 1. The largest absolute Gasteiger partial charge is 0.347 e. The first-order valence-corrected chi connectivity index (χ1v) is 7.85. The molecule has 98 valence electrons. The molecule has 1 N–H and O–H groups in total. The zero-order valence-electron chi connectivity index (χ0n) is 11.0. The molecule has 18 heavy (non-hydrogen) atoms. The highest BCUT2D eigenvalue weighted by atomic mass is 32.1. The van der Waals surface area contributed by atoms with E-state index >= 15 is 0 Å². The molecule has 0 saturated heterocycles. The van der Waals surface area contributed by atoms with Gasteiger partial charge in [-0.15, -0.1) is 0 Å². The van der Waals surface area contributed by atoms with Gasteiger partial charge in [-0.3, -0.25) is 0 Å². The van der Waals surface area contributed by atoms with Crippen LogP contribution >= 0.6 is 12.2 Å². The Labute approximate surface area is 114 Å². The van der Waals surface area contributed by atoms with Gasteiger partial charge in [0.05, 0.1) is 0 Å². The van der Waals surface area contributed by atoms with Crippen LogP contribution in [0.25, 0.3) is 0 Å². The van der Waals surface area contributed by atoms with Crippen LogP contribution in [-0.4, -0.2) is 9.97 Å². The Bertz CT molecular complexity index is 454. The Balaban J connectivity index is 1.87. The number of hydrogen-bond acceptors (Lipinski definition) is 2. The molecular formula is C15H22N2S. The summed E-state index contributed by atoms with van der Waals surface area (Å²) in [5, 5.41) is 0. The molecule has 2 nitrogen and oxygen atoms in total. The minimum Gasteiger partial charge on any atom is -0.347 e. The predicted molar refractivity (Wildman–Crippen MR) is 76.5 cm³/mol. The average Bonchev–Trinajstić information content (AvgIpc) is 2.93. The summed E-state index contributed by atoms with van der Waals surface area (Å²) in [4.78, 5) is 8.21. The van der Waals surface area contributed by atoms with E-state index < -0.39 is 0 Å². The molecule has 1 aromatic rings. The summed E-state index contributed by atoms with van der Waals surface area (Å²) in [7, 11) is 0. The molecule has 0 spiro atoms. The maximum Gasteiger partial charge on any atom is 0.130 e. The van der Waals surface area contributed by atoms with Crippen molar-refractivity contribution in [3.8, 4) is 0 Å². The second-order valence-electron chi connectivity index (χ2n) is 5.88. The summed E-state index contributed by atoms with van der Waals surface area (Å²) in [5.74, 6) is 2.50. The van der Waals surface area contributed by atoms with E-state index in [1.807, 2.05) is 0 Å². The smallest absolute Gasteiger partial charge is 0.130 e. The van der Waals surface area contributed by atoms with Crippen LogP contribution in [0.2, 0.25) is 0 Å². The topological polar surface area (TPSA) is 28.7 Å². The summed E-state index contributed by atoms with van der Waals surface area (Å²) >= 11 is 5.36. The lowest BCUT2D eigenvalue weighted by atomic mass is 9.88. The average molecular weight is 262 g/mol. The third kappa shape index (κ3) is 2.66. The van der Waals surface area contributed by atoms with E-state index in [1.165, 1.54) is 69.3 Å². The minimum absolute atomic E-state index is 0.627. The Morgan fingerprint density at radius 1 is 0.944 bits per heavy atom. The standard InChI is InChI=1S/C15H22N2S/c18-14-10-13(11-6-4-5-7-11)16-15(17-14)12-8-2-1-3-9-12/h10-12H,1-9H2,(H,16,17,18). The van der Waals surface area contributed by atoms with Crippen molar-refractivity contribution in [1.29, 1.82) is 0 Å². The van der Waals surface area contributed by atoms with E-state index in [9.17, 15) is 0 Å². The van der Waals surface area contributed by atoms with E-state index in [0.29, 0.717) is 11.8 Å². The third-order valence-electron chi connectivity index (χ3n) is 4.57. The lowest BCUT2D eigenvalue weighted by molar-refractivity contribution is 0.426. The second-order valence-corrected chi connectivity index (χ2v) is 6.29. The summed E-state index contributed by atoms with van der Waals surface area (Å²) in [6, 6.07) is 2.09. The monoisotopic (exact) mass is 262 g/mol. The van der Waals surface area contributed by atoms with Crippen molar-refractivity contribution in [3.63, 3.8) is 0 Å². The minimum atomic E-state index is 0.627. The van der Waals surface area contributed by atoms with Gasteiger partial charge in [0, 0.05) is 11.6 Å². The van der Waals surface area contributed by atoms with Crippen molar-refractivity contribution in [2.24, 2.45) is 0 Å². The fourth-order valence-electron chi connectivity index (χ4n) is 3.52. The fraction of sp³-hybridized carbons (Fsp3) is 0.733. The van der Waals surface area contributed by atoms with Gasteiger partial charge < -0.3 is 4.98 Å². The van der Waals surface area contributed by atoms with Crippen molar-refractivity contribution in [2.75, 3.05) is 0 Å². The quantitative estimate of drug-likeness (QED) is 0.772. The van der Waals surface area contributed by atoms with Gasteiger partial charge in [0.15, 0.2) is 0 Å². The van der Waals surface area contributed by atoms with Crippen LogP contribution in [0.4, 0.5) is 0 Å². The molecule has 3 rings (SSSR count). The molecule has 0 atom stereocenters. The molecule has 2 fully saturated rings. The molecule has 0 unspecified atom stereocenters. The molecule has 0 aliphatic heterocycles. The molecule has 0 aromatic carbocycles. The number of aromatic nitrogens is 2. The van der Waals surface area contributed by atoms with Gasteiger partial charge in [-0.1, -0.05) is 44.3 Å². The number of aromatic amines is 1. The van der Waals surface area contributed by atoms with Gasteiger partial charge >= 0.3 is 0 Å². The molecular weight excluding hydrogens is 240 g/mol. The second kappa shape index (κ2) is 5.52. The van der Waals surface area contributed by atoms with Crippen molar-refractivity contribution in [3.05, 3.63) is 22.2 Å². The van der Waals surface area contributed by atoms with Gasteiger partial charge in [0.25, 0.3) is 0 Å². The van der Waals surface area contributed by atoms with Crippen molar-refractivity contribution in [2.45, 2.75) is 69.6 Å². The lowest BCUT2D eigenvalue weighted by Crippen LogP contribution is -2.11. The van der Waals surface area contributed by atoms with E-state index in [0.717, 1.165) is 4.64 Å². The van der Waals surface area contributed by atoms with Crippen LogP contribution in [-0.2, 0) is 0 Å². The van der Waals surface area contributed by atoms with E-state index in [2.05, 4.69) is 16.0 Å². The van der Waals surface area contributed by atoms with Crippen LogP contribution in [0.15, 0.2) is 6.07 Å². The van der Waals surface area contributed by atoms with E-state index in [4.69, 9.17) is 12.2 Å². The summed E-state index contributed by atoms with van der Waals surface area (Å²) in [5.41, 5.74) is 1.35. The van der Waals surface area contributed by atoms with E-state index in [1.54, 1.807) is 0 Å². The molecule has 0 radical (unpaired) electrons. The Morgan fingerprint density at radius 3 is 2.28 bits per heavy atom. The Kier molecular flexibility index (Phi) is 3.78. The van der Waals surface area contributed by atoms with Gasteiger partial charge in [0.2, 0.25) is 0 Å². The normalized spacial score (nSPS) is 22.4. The molecule has 0 bridgehead atoms. The molecule has 3 heteroatoms. The first kappa shape index (κ1) is 12.3. The van der Waals surface area contributed by atoms with Crippen molar-refractivity contribution < 1.29 is 0 Å². The molecule has 1 heterocycles. The lowest BCUT2D eigenvalue weighted by Gasteiger charge is -2.22. The van der Waals surface area contributed by atoms with Gasteiger partial charge in [-0.05, 0) is 37.7 Å². The van der Waals surface area contributed by atoms with Gasteiger partial charge in [-0.25, -0.2) is 4.98 Å². The Hall–Kier alpha value is -0.700. The predicted octanol–water partition coefficient (Wildman–Crippen LogP) is 4.84. The summed E-state index contributed by atoms with van der Waals surface area (Å²) in [6.07, 6.45) is 12.0. The highest BCUT2D eigenvalue weighted by Gasteiger charge is 2.21. The van der Waals surface area contributed by atoms with Crippen LogP contribution in [0.3, 0.4) is 0 Å². The summed E-state index contributed by atoms with van der Waals surface area (Å²) < 4.78 is 0.788. The summed E-state index contributed by atoms with van der Waals surface area (Å²) in [6.45, 7) is 0. The SMILES string of the molecule is S=c1cc(C2CCCC2)[nH]c(C2CCCCC2)n1. The maximum absolute atomic E-state index is 5.36. The highest BCUT2D eigenvalue weighted by Crippen LogP contribution is 2.35. The van der Waals surface area contributed by atoms with Gasteiger partial charge in [-0.2, -0.15) is 0 Å². The maximum atomic E-state index is 5.36. The molecule has 2 aliphatic carbocycles.